The molecule has 0 aromatic rings. The molecule has 0 fully saturated rings. The van der Waals surface area contributed by atoms with Crippen LogP contribution in [0.25, 0.3) is 10.4 Å². The van der Waals surface area contributed by atoms with Crippen molar-refractivity contribution in [2.45, 2.75) is 13.8 Å². The van der Waals surface area contributed by atoms with E-state index in [0.29, 0.717) is 0 Å². The second-order valence-electron chi connectivity index (χ2n) is 1.58. The van der Waals surface area contributed by atoms with Crippen molar-refractivity contribution >= 4 is 5.97 Å². The lowest BCUT2D eigenvalue weighted by Crippen LogP contribution is -2.05. The Hall–Kier alpha value is -1.48. The maximum Gasteiger partial charge on any atom is 0.340 e. The summed E-state index contributed by atoms with van der Waals surface area (Å²) >= 11 is 0. The van der Waals surface area contributed by atoms with Crippen LogP contribution in [0, 0.1) is 0 Å². The van der Waals surface area contributed by atoms with Gasteiger partial charge < -0.3 is 4.74 Å². The third-order valence-corrected chi connectivity index (χ3v) is 0.910. The van der Waals surface area contributed by atoms with Gasteiger partial charge in [0.2, 0.25) is 0 Å². The molecule has 0 aliphatic carbocycles. The highest BCUT2D eigenvalue weighted by atomic mass is 16.5. The van der Waals surface area contributed by atoms with Gasteiger partial charge in [0.25, 0.3) is 0 Å². The van der Waals surface area contributed by atoms with E-state index in [1.807, 2.05) is 0 Å². The Bertz CT molecular complexity index is 216. The summed E-state index contributed by atoms with van der Waals surface area (Å²) in [5.41, 5.74) is 7.99. The molecule has 0 N–H and O–H groups in total. The Labute approximate surface area is 64.3 Å². The molecule has 0 aliphatic rings. The van der Waals surface area contributed by atoms with Crippen molar-refractivity contribution in [1.29, 1.82) is 0 Å². The van der Waals surface area contributed by atoms with Gasteiger partial charge in [0, 0.05) is 4.91 Å². The molecule has 0 aliphatic heterocycles. The van der Waals surface area contributed by atoms with Gasteiger partial charge in [0.15, 0.2) is 0 Å². The average molecular weight is 155 g/mol. The molecule has 0 rings (SSSR count). The highest BCUT2D eigenvalue weighted by Gasteiger charge is 2.05. The minimum Gasteiger partial charge on any atom is -0.462 e. The Morgan fingerprint density at radius 3 is 2.82 bits per heavy atom. The van der Waals surface area contributed by atoms with Crippen LogP contribution in [0.1, 0.15) is 13.8 Å². The predicted molar refractivity (Wildman–Crippen MR) is 39.5 cm³/mol. The summed E-state index contributed by atoms with van der Waals surface area (Å²) in [4.78, 5) is 13.3. The fourth-order valence-electron chi connectivity index (χ4n) is 0.470. The molecular weight excluding hydrogens is 146 g/mol. The number of nitrogens with zero attached hydrogens (tertiary/aromatic N) is 3. The van der Waals surface area contributed by atoms with E-state index in [1.165, 1.54) is 6.08 Å². The molecule has 5 nitrogen and oxygen atoms in total. The van der Waals surface area contributed by atoms with Gasteiger partial charge in [0.05, 0.1) is 6.61 Å². The fourth-order valence-corrected chi connectivity index (χ4v) is 0.470. The van der Waals surface area contributed by atoms with Crippen LogP contribution in [0.2, 0.25) is 0 Å². The third kappa shape index (κ3) is 3.27. The van der Waals surface area contributed by atoms with Gasteiger partial charge in [-0.05, 0) is 19.4 Å². The first-order valence-electron chi connectivity index (χ1n) is 3.14. The van der Waals surface area contributed by atoms with Gasteiger partial charge in [-0.15, -0.1) is 0 Å². The summed E-state index contributed by atoms with van der Waals surface area (Å²) in [5.74, 6) is -0.590. The van der Waals surface area contributed by atoms with Gasteiger partial charge in [0.1, 0.15) is 5.70 Å². The van der Waals surface area contributed by atoms with Crippen LogP contribution < -0.4 is 0 Å². The molecule has 0 atom stereocenters. The van der Waals surface area contributed by atoms with Crippen molar-refractivity contribution in [2.75, 3.05) is 6.61 Å². The number of esters is 1. The molecule has 0 saturated heterocycles. The first kappa shape index (κ1) is 9.52. The molecule has 11 heavy (non-hydrogen) atoms. The van der Waals surface area contributed by atoms with Crippen LogP contribution in [0.3, 0.4) is 0 Å². The Morgan fingerprint density at radius 1 is 1.82 bits per heavy atom. The van der Waals surface area contributed by atoms with Crippen LogP contribution >= 0.6 is 0 Å². The van der Waals surface area contributed by atoms with Crippen molar-refractivity contribution in [2.24, 2.45) is 5.11 Å². The van der Waals surface area contributed by atoms with E-state index in [1.54, 1.807) is 13.8 Å². The first-order chi connectivity index (χ1) is 5.26. The fraction of sp³-hybridized carbons (Fsp3) is 0.500. The monoisotopic (exact) mass is 155 g/mol. The summed E-state index contributed by atoms with van der Waals surface area (Å²) in [6, 6.07) is 0. The Morgan fingerprint density at radius 2 is 2.45 bits per heavy atom. The Balaban J connectivity index is 4.28. The lowest BCUT2D eigenvalue weighted by molar-refractivity contribution is -0.138. The minimum absolute atomic E-state index is 0.00523. The number of ether oxygens (including phenoxy) is 1. The smallest absolute Gasteiger partial charge is 0.340 e. The molecule has 0 spiro atoms. The van der Waals surface area contributed by atoms with Gasteiger partial charge in [-0.25, -0.2) is 4.79 Å². The normalized spacial score (nSPS) is 10.2. The highest BCUT2D eigenvalue weighted by molar-refractivity contribution is 5.87. The summed E-state index contributed by atoms with van der Waals surface area (Å²) < 4.78 is 4.58. The molecule has 0 saturated carbocycles. The standard InChI is InChI=1S/C6H9N3O2/c1-3-5(8-9-7)6(10)11-4-2/h3H,4H2,1-2H3. The molecule has 0 aromatic heterocycles. The molecule has 0 bridgehead atoms. The van der Waals surface area contributed by atoms with Crippen LogP contribution in [0.15, 0.2) is 16.9 Å². The van der Waals surface area contributed by atoms with Crippen molar-refractivity contribution < 1.29 is 9.53 Å². The molecular formula is C6H9N3O2. The maximum atomic E-state index is 10.8. The molecule has 0 heterocycles. The largest absolute Gasteiger partial charge is 0.462 e. The van der Waals surface area contributed by atoms with Crippen molar-refractivity contribution in [3.63, 3.8) is 0 Å². The number of allylic oxidation sites excluding steroid dienone is 1. The third-order valence-electron chi connectivity index (χ3n) is 0.910. The molecule has 0 radical (unpaired) electrons. The topological polar surface area (TPSA) is 75.1 Å². The molecule has 0 amide bonds. The van der Waals surface area contributed by atoms with E-state index in [9.17, 15) is 4.79 Å². The SMILES string of the molecule is CC=C(N=[N+]=[N-])C(=O)OCC. The number of carbonyl (C=O) groups excluding carboxylic acids is 1. The molecule has 5 heteroatoms. The number of rotatable bonds is 3. The van der Waals surface area contributed by atoms with Crippen molar-refractivity contribution in [1.82, 2.24) is 0 Å². The highest BCUT2D eigenvalue weighted by Crippen LogP contribution is 1.99. The lowest BCUT2D eigenvalue weighted by atomic mass is 10.4. The quantitative estimate of drug-likeness (QED) is 0.205. The van der Waals surface area contributed by atoms with Gasteiger partial charge in [-0.2, -0.15) is 0 Å². The Kier molecular flexibility index (Phi) is 4.60. The van der Waals surface area contributed by atoms with Crippen molar-refractivity contribution in [3.8, 4) is 0 Å². The predicted octanol–water partition coefficient (Wildman–Crippen LogP) is 1.76. The van der Waals surface area contributed by atoms with E-state index in [0.717, 1.165) is 0 Å². The lowest BCUT2D eigenvalue weighted by Gasteiger charge is -1.98. The minimum atomic E-state index is -0.590. The zero-order chi connectivity index (χ0) is 8.69. The van der Waals surface area contributed by atoms with Gasteiger partial charge in [-0.1, -0.05) is 11.2 Å². The van der Waals surface area contributed by atoms with Gasteiger partial charge >= 0.3 is 5.97 Å². The van der Waals surface area contributed by atoms with E-state index >= 15 is 0 Å². The van der Waals surface area contributed by atoms with E-state index < -0.39 is 5.97 Å². The summed E-state index contributed by atoms with van der Waals surface area (Å²) in [7, 11) is 0. The summed E-state index contributed by atoms with van der Waals surface area (Å²) in [6.07, 6.45) is 1.40. The van der Waals surface area contributed by atoms with Crippen LogP contribution in [-0.2, 0) is 9.53 Å². The summed E-state index contributed by atoms with van der Waals surface area (Å²) in [6.45, 7) is 3.55. The van der Waals surface area contributed by atoms with Crippen LogP contribution in [0.5, 0.6) is 0 Å². The first-order valence-corrected chi connectivity index (χ1v) is 3.14. The maximum absolute atomic E-state index is 10.8. The van der Waals surface area contributed by atoms with Gasteiger partial charge in [-0.3, -0.25) is 0 Å². The van der Waals surface area contributed by atoms with Crippen LogP contribution in [-0.4, -0.2) is 12.6 Å². The number of hydrogen-bond acceptors (Lipinski definition) is 3. The zero-order valence-electron chi connectivity index (χ0n) is 6.44. The molecule has 60 valence electrons. The number of azide groups is 1. The number of carbonyl (C=O) groups is 1. The van der Waals surface area contributed by atoms with Crippen LogP contribution in [0.4, 0.5) is 0 Å². The molecule has 0 aromatic carbocycles. The second-order valence-corrected chi connectivity index (χ2v) is 1.58. The van der Waals surface area contributed by atoms with Crippen molar-refractivity contribution in [3.05, 3.63) is 22.2 Å². The molecule has 0 unspecified atom stereocenters. The summed E-state index contributed by atoms with van der Waals surface area (Å²) in [5, 5.41) is 3.13. The van der Waals surface area contributed by atoms with E-state index in [4.69, 9.17) is 5.53 Å². The average Bonchev–Trinajstić information content (AvgIpc) is 2.00. The van der Waals surface area contributed by atoms with E-state index in [2.05, 4.69) is 14.8 Å². The zero-order valence-corrected chi connectivity index (χ0v) is 6.44. The second kappa shape index (κ2) is 5.32. The number of hydrogen-bond donors (Lipinski definition) is 0. The van der Waals surface area contributed by atoms with E-state index in [-0.39, 0.29) is 12.3 Å².